The molecule has 0 amide bonds. The third-order valence-corrected chi connectivity index (χ3v) is 6.40. The summed E-state index contributed by atoms with van der Waals surface area (Å²) in [6, 6.07) is 4.75. The first-order valence-corrected chi connectivity index (χ1v) is 10.2. The van der Waals surface area contributed by atoms with Gasteiger partial charge in [-0.2, -0.15) is 0 Å². The average molecular weight is 407 g/mol. The van der Waals surface area contributed by atoms with Crippen LogP contribution in [0.3, 0.4) is 0 Å². The van der Waals surface area contributed by atoms with Gasteiger partial charge in [0, 0.05) is 41.1 Å². The highest BCUT2D eigenvalue weighted by Gasteiger charge is 2.24. The normalized spacial score (nSPS) is 19.8. The molecule has 1 aromatic heterocycles. The summed E-state index contributed by atoms with van der Waals surface area (Å²) in [5.74, 6) is -0.524. The lowest BCUT2D eigenvalue weighted by atomic mass is 9.87. The molecule has 0 atom stereocenters. The van der Waals surface area contributed by atoms with Crippen molar-refractivity contribution in [2.24, 2.45) is 5.92 Å². The van der Waals surface area contributed by atoms with Gasteiger partial charge in [0.15, 0.2) is 0 Å². The zero-order valence-corrected chi connectivity index (χ0v) is 17.4. The van der Waals surface area contributed by atoms with Crippen molar-refractivity contribution in [3.05, 3.63) is 57.1 Å². The van der Waals surface area contributed by atoms with E-state index in [0.717, 1.165) is 35.6 Å². The Kier molecular flexibility index (Phi) is 6.46. The summed E-state index contributed by atoms with van der Waals surface area (Å²) in [5.41, 5.74) is 3.54. The summed E-state index contributed by atoms with van der Waals surface area (Å²) < 4.78 is 15.3. The molecule has 1 aromatic carbocycles. The summed E-state index contributed by atoms with van der Waals surface area (Å²) in [4.78, 5) is 11.9. The van der Waals surface area contributed by atoms with Gasteiger partial charge in [-0.05, 0) is 63.1 Å². The van der Waals surface area contributed by atoms with Crippen molar-refractivity contribution in [2.75, 3.05) is 0 Å². The highest BCUT2D eigenvalue weighted by molar-refractivity contribution is 6.31. The fourth-order valence-corrected chi connectivity index (χ4v) is 4.44. The molecule has 3 rings (SSSR count). The quantitative estimate of drug-likeness (QED) is 0.683. The predicted molar refractivity (Wildman–Crippen MR) is 110 cm³/mol. The molecule has 1 fully saturated rings. The van der Waals surface area contributed by atoms with Crippen molar-refractivity contribution in [1.82, 2.24) is 9.88 Å². The number of rotatable bonds is 6. The van der Waals surface area contributed by atoms with E-state index in [1.807, 2.05) is 18.4 Å². The van der Waals surface area contributed by atoms with Crippen molar-refractivity contribution in [2.45, 2.75) is 65.6 Å². The van der Waals surface area contributed by atoms with E-state index in [2.05, 4.69) is 12.2 Å². The lowest BCUT2D eigenvalue weighted by Gasteiger charge is -2.27. The molecule has 0 saturated heterocycles. The Morgan fingerprint density at radius 1 is 1.25 bits per heavy atom. The number of carboxylic acid groups (broad SMARTS) is 1. The number of nitrogens with one attached hydrogen (secondary N) is 1. The summed E-state index contributed by atoms with van der Waals surface area (Å²) >= 11 is 6.19. The molecular weight excluding hydrogens is 379 g/mol. The first kappa shape index (κ1) is 20.9. The van der Waals surface area contributed by atoms with Gasteiger partial charge < -0.3 is 15.0 Å². The summed E-state index contributed by atoms with van der Waals surface area (Å²) in [6.45, 7) is 7.00. The third kappa shape index (κ3) is 4.41. The second kappa shape index (κ2) is 8.66. The van der Waals surface area contributed by atoms with E-state index in [4.69, 9.17) is 11.6 Å². The van der Waals surface area contributed by atoms with Crippen molar-refractivity contribution >= 4 is 17.6 Å². The Labute approximate surface area is 170 Å². The van der Waals surface area contributed by atoms with Crippen LogP contribution in [0.2, 0.25) is 5.02 Å². The first-order valence-electron chi connectivity index (χ1n) is 9.87. The van der Waals surface area contributed by atoms with Crippen LogP contribution in [0.25, 0.3) is 0 Å². The molecule has 0 spiro atoms. The van der Waals surface area contributed by atoms with Crippen LogP contribution in [0.15, 0.2) is 18.2 Å². The SMILES string of the molecule is Cc1c(CNC2CCC(C)CC2)c(C(=O)O)c(C)n1Cc1ccc(F)cc1Cl. The van der Waals surface area contributed by atoms with Gasteiger partial charge in [-0.15, -0.1) is 0 Å². The maximum atomic E-state index is 13.3. The van der Waals surface area contributed by atoms with E-state index in [1.165, 1.54) is 25.0 Å². The van der Waals surface area contributed by atoms with Gasteiger partial charge in [0.25, 0.3) is 0 Å². The van der Waals surface area contributed by atoms with Crippen molar-refractivity contribution in [1.29, 1.82) is 0 Å². The lowest BCUT2D eigenvalue weighted by molar-refractivity contribution is 0.0694. The molecule has 152 valence electrons. The average Bonchev–Trinajstić information content (AvgIpc) is 2.87. The smallest absolute Gasteiger partial charge is 0.337 e. The van der Waals surface area contributed by atoms with E-state index in [9.17, 15) is 14.3 Å². The van der Waals surface area contributed by atoms with E-state index < -0.39 is 5.97 Å². The Morgan fingerprint density at radius 2 is 1.93 bits per heavy atom. The van der Waals surface area contributed by atoms with Crippen LogP contribution in [-0.2, 0) is 13.1 Å². The van der Waals surface area contributed by atoms with Gasteiger partial charge >= 0.3 is 5.97 Å². The Bertz CT molecular complexity index is 870. The highest BCUT2D eigenvalue weighted by Crippen LogP contribution is 2.28. The molecule has 2 aromatic rings. The van der Waals surface area contributed by atoms with E-state index in [0.29, 0.717) is 35.4 Å². The van der Waals surface area contributed by atoms with Gasteiger partial charge in [0.2, 0.25) is 0 Å². The van der Waals surface area contributed by atoms with E-state index in [-0.39, 0.29) is 5.82 Å². The lowest BCUT2D eigenvalue weighted by Crippen LogP contribution is -2.32. The summed E-state index contributed by atoms with van der Waals surface area (Å²) in [5, 5.41) is 13.7. The van der Waals surface area contributed by atoms with E-state index in [1.54, 1.807) is 6.07 Å². The molecule has 28 heavy (non-hydrogen) atoms. The molecule has 1 saturated carbocycles. The van der Waals surface area contributed by atoms with Crippen molar-refractivity contribution < 1.29 is 14.3 Å². The molecule has 0 radical (unpaired) electrons. The highest BCUT2D eigenvalue weighted by atomic mass is 35.5. The zero-order valence-electron chi connectivity index (χ0n) is 16.7. The maximum Gasteiger partial charge on any atom is 0.337 e. The number of carbonyl (C=O) groups is 1. The van der Waals surface area contributed by atoms with Crippen LogP contribution in [0.4, 0.5) is 4.39 Å². The van der Waals surface area contributed by atoms with Gasteiger partial charge in [0.05, 0.1) is 5.56 Å². The molecule has 0 unspecified atom stereocenters. The topological polar surface area (TPSA) is 54.3 Å². The first-order chi connectivity index (χ1) is 13.3. The van der Waals surface area contributed by atoms with Gasteiger partial charge in [-0.3, -0.25) is 0 Å². The molecular formula is C22H28ClFN2O2. The summed E-state index contributed by atoms with van der Waals surface area (Å²) in [7, 11) is 0. The number of aromatic nitrogens is 1. The van der Waals surface area contributed by atoms with Gasteiger partial charge in [0.1, 0.15) is 5.82 Å². The molecule has 0 aliphatic heterocycles. The number of benzene rings is 1. The molecule has 1 heterocycles. The Hall–Kier alpha value is -1.85. The number of hydrogen-bond acceptors (Lipinski definition) is 2. The number of aromatic carboxylic acids is 1. The molecule has 0 bridgehead atoms. The standard InChI is InChI=1S/C22H28ClFN2O2/c1-13-4-8-18(9-5-13)25-11-19-14(2)26(15(3)21(19)22(27)28)12-16-6-7-17(24)10-20(16)23/h6-7,10,13,18,25H,4-5,8-9,11-12H2,1-3H3,(H,27,28). The fourth-order valence-electron chi connectivity index (χ4n) is 4.22. The Morgan fingerprint density at radius 3 is 2.54 bits per heavy atom. The second-order valence-electron chi connectivity index (χ2n) is 7.99. The molecule has 4 nitrogen and oxygen atoms in total. The number of halogens is 2. The largest absolute Gasteiger partial charge is 0.478 e. The zero-order chi connectivity index (χ0) is 20.4. The summed E-state index contributed by atoms with van der Waals surface area (Å²) in [6.07, 6.45) is 4.69. The molecule has 6 heteroatoms. The molecule has 1 aliphatic rings. The van der Waals surface area contributed by atoms with Crippen LogP contribution in [0, 0.1) is 25.6 Å². The van der Waals surface area contributed by atoms with Crippen LogP contribution in [0.1, 0.15) is 65.5 Å². The maximum absolute atomic E-state index is 13.3. The van der Waals surface area contributed by atoms with Gasteiger partial charge in [-0.1, -0.05) is 24.6 Å². The van der Waals surface area contributed by atoms with Crippen molar-refractivity contribution in [3.8, 4) is 0 Å². The molecule has 1 aliphatic carbocycles. The minimum atomic E-state index is -0.918. The van der Waals surface area contributed by atoms with Crippen LogP contribution >= 0.6 is 11.6 Å². The minimum absolute atomic E-state index is 0.348. The van der Waals surface area contributed by atoms with E-state index >= 15 is 0 Å². The predicted octanol–water partition coefficient (Wildman–Crippen LogP) is 5.31. The minimum Gasteiger partial charge on any atom is -0.478 e. The third-order valence-electron chi connectivity index (χ3n) is 6.05. The monoisotopic (exact) mass is 406 g/mol. The van der Waals surface area contributed by atoms with Crippen LogP contribution in [0.5, 0.6) is 0 Å². The van der Waals surface area contributed by atoms with Gasteiger partial charge in [-0.25, -0.2) is 9.18 Å². The van der Waals surface area contributed by atoms with Crippen LogP contribution in [-0.4, -0.2) is 21.7 Å². The fraction of sp³-hybridized carbons (Fsp3) is 0.500. The number of nitrogens with zero attached hydrogens (tertiary/aromatic N) is 1. The number of carboxylic acids is 1. The Balaban J connectivity index is 1.85. The molecule has 2 N–H and O–H groups in total. The number of hydrogen-bond donors (Lipinski definition) is 2. The van der Waals surface area contributed by atoms with Crippen LogP contribution < -0.4 is 5.32 Å². The second-order valence-corrected chi connectivity index (χ2v) is 8.40. The van der Waals surface area contributed by atoms with Crippen molar-refractivity contribution in [3.63, 3.8) is 0 Å².